The molecule has 170 valence electrons. The van der Waals surface area contributed by atoms with Gasteiger partial charge in [-0.1, -0.05) is 35.9 Å². The highest BCUT2D eigenvalue weighted by atomic mass is 35.5. The predicted molar refractivity (Wildman–Crippen MR) is 125 cm³/mol. The summed E-state index contributed by atoms with van der Waals surface area (Å²) < 4.78 is 9.67. The molecule has 3 rings (SSSR count). The van der Waals surface area contributed by atoms with Crippen LogP contribution in [0.5, 0.6) is 5.75 Å². The lowest BCUT2D eigenvalue weighted by molar-refractivity contribution is -0.115. The second kappa shape index (κ2) is 11.7. The van der Waals surface area contributed by atoms with Crippen molar-refractivity contribution < 1.29 is 23.9 Å². The fraction of sp³-hybridized carbons (Fsp3) is 0.160. The van der Waals surface area contributed by atoms with E-state index in [1.807, 2.05) is 18.2 Å². The summed E-state index contributed by atoms with van der Waals surface area (Å²) in [6.45, 7) is 2.22. The van der Waals surface area contributed by atoms with Crippen LogP contribution in [0.15, 0.2) is 72.8 Å². The second-order valence-electron chi connectivity index (χ2n) is 7.04. The van der Waals surface area contributed by atoms with E-state index in [9.17, 15) is 14.4 Å². The maximum Gasteiger partial charge on any atom is 0.513 e. The van der Waals surface area contributed by atoms with Gasteiger partial charge in [0.05, 0.1) is 13.0 Å². The molecule has 2 N–H and O–H groups in total. The lowest BCUT2D eigenvalue weighted by Crippen LogP contribution is -2.22. The van der Waals surface area contributed by atoms with Crippen LogP contribution < -0.4 is 15.4 Å². The minimum absolute atomic E-state index is 0.145. The number of hydrogen-bond acceptors (Lipinski definition) is 5. The van der Waals surface area contributed by atoms with Gasteiger partial charge in [-0.2, -0.15) is 0 Å². The molecular weight excluding hydrogens is 444 g/mol. The summed E-state index contributed by atoms with van der Waals surface area (Å²) in [4.78, 5) is 35.9. The number of anilines is 1. The molecule has 0 heterocycles. The standard InChI is InChI=1S/C25H23ClN2O5/c1-2-32-25(31)33-22-12-8-19(9-13-22)24(30)27-16-17-6-10-21(11-7-17)28-23(29)15-18-4-3-5-20(26)14-18/h3-14H,2,15-16H2,1H3,(H,27,30)(H,28,29). The number of hydrogen-bond donors (Lipinski definition) is 2. The normalized spacial score (nSPS) is 10.2. The van der Waals surface area contributed by atoms with Crippen molar-refractivity contribution >= 4 is 35.3 Å². The zero-order chi connectivity index (χ0) is 23.6. The first-order valence-electron chi connectivity index (χ1n) is 10.3. The minimum Gasteiger partial charge on any atom is -0.434 e. The SMILES string of the molecule is CCOC(=O)Oc1ccc(C(=O)NCc2ccc(NC(=O)Cc3cccc(Cl)c3)cc2)cc1. The Kier molecular flexibility index (Phi) is 8.43. The van der Waals surface area contributed by atoms with E-state index < -0.39 is 6.16 Å². The van der Waals surface area contributed by atoms with Gasteiger partial charge in [0, 0.05) is 22.8 Å². The maximum absolute atomic E-state index is 12.4. The number of benzene rings is 3. The van der Waals surface area contributed by atoms with Gasteiger partial charge in [0.1, 0.15) is 5.75 Å². The summed E-state index contributed by atoms with van der Waals surface area (Å²) in [6, 6.07) is 20.5. The van der Waals surface area contributed by atoms with E-state index in [0.717, 1.165) is 11.1 Å². The third-order valence-electron chi connectivity index (χ3n) is 4.52. The summed E-state index contributed by atoms with van der Waals surface area (Å²) >= 11 is 5.95. The van der Waals surface area contributed by atoms with Crippen molar-refractivity contribution in [2.24, 2.45) is 0 Å². The monoisotopic (exact) mass is 466 g/mol. The van der Waals surface area contributed by atoms with Crippen LogP contribution in [0.25, 0.3) is 0 Å². The molecule has 0 saturated heterocycles. The summed E-state index contributed by atoms with van der Waals surface area (Å²) in [5.41, 5.74) is 2.80. The van der Waals surface area contributed by atoms with Crippen LogP contribution in [-0.2, 0) is 22.5 Å². The molecule has 0 spiro atoms. The first-order chi connectivity index (χ1) is 15.9. The van der Waals surface area contributed by atoms with Crippen molar-refractivity contribution in [2.45, 2.75) is 19.9 Å². The van der Waals surface area contributed by atoms with Gasteiger partial charge in [-0.25, -0.2) is 4.79 Å². The van der Waals surface area contributed by atoms with Gasteiger partial charge < -0.3 is 20.1 Å². The molecule has 0 fully saturated rings. The molecule has 0 radical (unpaired) electrons. The van der Waals surface area contributed by atoms with E-state index in [2.05, 4.69) is 10.6 Å². The van der Waals surface area contributed by atoms with Gasteiger partial charge >= 0.3 is 6.16 Å². The van der Waals surface area contributed by atoms with Gasteiger partial charge in [-0.05, 0) is 66.6 Å². The molecule has 0 bridgehead atoms. The molecule has 33 heavy (non-hydrogen) atoms. The Balaban J connectivity index is 1.47. The van der Waals surface area contributed by atoms with Crippen molar-refractivity contribution in [2.75, 3.05) is 11.9 Å². The summed E-state index contributed by atoms with van der Waals surface area (Å²) in [5.74, 6) is -0.122. The topological polar surface area (TPSA) is 93.7 Å². The number of carbonyl (C=O) groups is 3. The van der Waals surface area contributed by atoms with Gasteiger partial charge in [0.2, 0.25) is 5.91 Å². The quantitative estimate of drug-likeness (QED) is 0.360. The minimum atomic E-state index is -0.793. The Morgan fingerprint density at radius 1 is 0.909 bits per heavy atom. The molecule has 0 saturated carbocycles. The van der Waals surface area contributed by atoms with Crippen molar-refractivity contribution in [3.05, 3.63) is 94.5 Å². The zero-order valence-electron chi connectivity index (χ0n) is 18.0. The zero-order valence-corrected chi connectivity index (χ0v) is 18.7. The predicted octanol–water partition coefficient (Wildman–Crippen LogP) is 4.99. The van der Waals surface area contributed by atoms with E-state index in [4.69, 9.17) is 21.1 Å². The van der Waals surface area contributed by atoms with E-state index in [-0.39, 0.29) is 30.6 Å². The number of halogens is 1. The number of amides is 2. The highest BCUT2D eigenvalue weighted by molar-refractivity contribution is 6.30. The first-order valence-corrected chi connectivity index (χ1v) is 10.7. The van der Waals surface area contributed by atoms with Crippen LogP contribution in [0.4, 0.5) is 10.5 Å². The van der Waals surface area contributed by atoms with Crippen molar-refractivity contribution in [1.82, 2.24) is 5.32 Å². The third-order valence-corrected chi connectivity index (χ3v) is 4.76. The van der Waals surface area contributed by atoms with Gasteiger partial charge in [0.15, 0.2) is 0 Å². The molecule has 0 aliphatic rings. The van der Waals surface area contributed by atoms with E-state index in [1.54, 1.807) is 49.4 Å². The van der Waals surface area contributed by atoms with Crippen LogP contribution in [0.1, 0.15) is 28.4 Å². The highest BCUT2D eigenvalue weighted by Gasteiger charge is 2.09. The molecular formula is C25H23ClN2O5. The molecule has 2 amide bonds. The van der Waals surface area contributed by atoms with Crippen LogP contribution >= 0.6 is 11.6 Å². The van der Waals surface area contributed by atoms with E-state index >= 15 is 0 Å². The lowest BCUT2D eigenvalue weighted by atomic mass is 10.1. The van der Waals surface area contributed by atoms with Crippen LogP contribution in [0.3, 0.4) is 0 Å². The van der Waals surface area contributed by atoms with Crippen molar-refractivity contribution in [3.63, 3.8) is 0 Å². The van der Waals surface area contributed by atoms with Gasteiger partial charge in [-0.3, -0.25) is 9.59 Å². The van der Waals surface area contributed by atoms with E-state index in [0.29, 0.717) is 22.8 Å². The highest BCUT2D eigenvalue weighted by Crippen LogP contribution is 2.15. The molecule has 3 aromatic rings. The third kappa shape index (κ3) is 7.66. The lowest BCUT2D eigenvalue weighted by Gasteiger charge is -2.09. The fourth-order valence-electron chi connectivity index (χ4n) is 2.95. The average Bonchev–Trinajstić information content (AvgIpc) is 2.79. The maximum atomic E-state index is 12.4. The van der Waals surface area contributed by atoms with Gasteiger partial charge in [0.25, 0.3) is 5.91 Å². The van der Waals surface area contributed by atoms with Gasteiger partial charge in [-0.15, -0.1) is 0 Å². The van der Waals surface area contributed by atoms with E-state index in [1.165, 1.54) is 12.1 Å². The summed E-state index contributed by atoms with van der Waals surface area (Å²) in [7, 11) is 0. The first kappa shape index (κ1) is 23.8. The Labute approximate surface area is 196 Å². The number of ether oxygens (including phenoxy) is 2. The van der Waals surface area contributed by atoms with Crippen molar-refractivity contribution in [1.29, 1.82) is 0 Å². The Bertz CT molecular complexity index is 1110. The van der Waals surface area contributed by atoms with Crippen LogP contribution in [0, 0.1) is 0 Å². The van der Waals surface area contributed by atoms with Crippen LogP contribution in [-0.4, -0.2) is 24.6 Å². The molecule has 0 unspecified atom stereocenters. The summed E-state index contributed by atoms with van der Waals surface area (Å²) in [5, 5.41) is 6.25. The molecule has 0 aliphatic heterocycles. The summed E-state index contributed by atoms with van der Waals surface area (Å²) in [6.07, 6.45) is -0.569. The molecule has 0 aliphatic carbocycles. The Morgan fingerprint density at radius 3 is 2.30 bits per heavy atom. The van der Waals surface area contributed by atoms with Crippen molar-refractivity contribution in [3.8, 4) is 5.75 Å². The Morgan fingerprint density at radius 2 is 1.64 bits per heavy atom. The number of carbonyl (C=O) groups excluding carboxylic acids is 3. The number of rotatable bonds is 8. The molecule has 8 heteroatoms. The van der Waals surface area contributed by atoms with Crippen LogP contribution in [0.2, 0.25) is 5.02 Å². The molecule has 3 aromatic carbocycles. The second-order valence-corrected chi connectivity index (χ2v) is 7.48. The largest absolute Gasteiger partial charge is 0.513 e. The average molecular weight is 467 g/mol. The Hall–Kier alpha value is -3.84. The molecule has 0 aromatic heterocycles. The number of nitrogens with one attached hydrogen (secondary N) is 2. The smallest absolute Gasteiger partial charge is 0.434 e. The molecule has 7 nitrogen and oxygen atoms in total. The fourth-order valence-corrected chi connectivity index (χ4v) is 3.16. The molecule has 0 atom stereocenters.